The second-order valence-electron chi connectivity index (χ2n) is 24.9. The minimum atomic E-state index is -0.667. The normalized spacial score (nSPS) is 12.5. The van der Waals surface area contributed by atoms with Crippen LogP contribution in [0.5, 0.6) is 0 Å². The van der Waals surface area contributed by atoms with Gasteiger partial charge >= 0.3 is 5.97 Å². The first-order valence-electron chi connectivity index (χ1n) is 35.9. The molecule has 0 heterocycles. The molecule has 0 bridgehead atoms. The Hall–Kier alpha value is -1.40. The summed E-state index contributed by atoms with van der Waals surface area (Å²) in [6.07, 6.45) is 84.1. The summed E-state index contributed by atoms with van der Waals surface area (Å²) < 4.78 is 5.47. The number of amides is 1. The minimum absolute atomic E-state index is 0.0143. The van der Waals surface area contributed by atoms with Crippen LogP contribution >= 0.6 is 0 Å². The number of unbranched alkanes of at least 4 members (excludes halogenated alkanes) is 55. The van der Waals surface area contributed by atoms with E-state index < -0.39 is 12.1 Å². The summed E-state index contributed by atoms with van der Waals surface area (Å²) in [4.78, 5) is 24.6. The first-order valence-corrected chi connectivity index (χ1v) is 35.9. The molecule has 0 aliphatic carbocycles. The number of carbonyl (C=O) groups is 2. The lowest BCUT2D eigenvalue weighted by Gasteiger charge is -2.22. The van der Waals surface area contributed by atoms with Crippen molar-refractivity contribution >= 4 is 11.9 Å². The molecule has 0 radical (unpaired) electrons. The number of carbonyl (C=O) groups excluding carboxylic acids is 2. The van der Waals surface area contributed by atoms with Gasteiger partial charge < -0.3 is 20.3 Å². The fourth-order valence-corrected chi connectivity index (χ4v) is 11.6. The number of nitrogens with one attached hydrogen (secondary N) is 1. The molecule has 0 fully saturated rings. The number of hydrogen-bond acceptors (Lipinski definition) is 5. The van der Waals surface area contributed by atoms with Crippen molar-refractivity contribution < 1.29 is 24.5 Å². The Balaban J connectivity index is 3.39. The third-order valence-corrected chi connectivity index (χ3v) is 17.1. The summed E-state index contributed by atoms with van der Waals surface area (Å²) in [5.74, 6) is -0.0182. The summed E-state index contributed by atoms with van der Waals surface area (Å²) in [6, 6.07) is -0.545. The first-order chi connectivity index (χ1) is 38.5. The van der Waals surface area contributed by atoms with Crippen molar-refractivity contribution in [3.63, 3.8) is 0 Å². The van der Waals surface area contributed by atoms with E-state index in [1.807, 2.05) is 0 Å². The van der Waals surface area contributed by atoms with E-state index in [1.165, 1.54) is 340 Å². The quantitative estimate of drug-likeness (QED) is 0.0320. The van der Waals surface area contributed by atoms with E-state index in [1.54, 1.807) is 0 Å². The van der Waals surface area contributed by atoms with Crippen LogP contribution in [0.1, 0.15) is 412 Å². The first kappa shape index (κ1) is 76.6. The van der Waals surface area contributed by atoms with E-state index in [0.29, 0.717) is 25.9 Å². The summed E-state index contributed by atoms with van der Waals surface area (Å²) in [5, 5.41) is 23.5. The molecule has 0 saturated carbocycles. The maximum absolute atomic E-state index is 12.6. The molecule has 0 aliphatic heterocycles. The van der Waals surface area contributed by atoms with Crippen LogP contribution in [0.2, 0.25) is 0 Å². The molecule has 3 N–H and O–H groups in total. The minimum Gasteiger partial charge on any atom is -0.466 e. The van der Waals surface area contributed by atoms with Crippen molar-refractivity contribution in [2.75, 3.05) is 13.2 Å². The Labute approximate surface area is 489 Å². The van der Waals surface area contributed by atoms with E-state index >= 15 is 0 Å². The van der Waals surface area contributed by atoms with Crippen molar-refractivity contribution in [2.24, 2.45) is 0 Å². The number of ether oxygens (including phenoxy) is 1. The van der Waals surface area contributed by atoms with Gasteiger partial charge in [-0.05, 0) is 51.4 Å². The van der Waals surface area contributed by atoms with Gasteiger partial charge in [0.1, 0.15) is 0 Å². The van der Waals surface area contributed by atoms with E-state index in [-0.39, 0.29) is 18.5 Å². The third-order valence-electron chi connectivity index (χ3n) is 17.1. The highest BCUT2D eigenvalue weighted by atomic mass is 16.5. The molecular weight excluding hydrogens is 959 g/mol. The van der Waals surface area contributed by atoms with Crippen LogP contribution in [0.3, 0.4) is 0 Å². The van der Waals surface area contributed by atoms with Gasteiger partial charge in [0, 0.05) is 12.8 Å². The van der Waals surface area contributed by atoms with Gasteiger partial charge in [-0.1, -0.05) is 360 Å². The second-order valence-corrected chi connectivity index (χ2v) is 24.9. The number of esters is 1. The molecule has 0 aromatic rings. The van der Waals surface area contributed by atoms with Gasteiger partial charge in [0.05, 0.1) is 25.4 Å². The molecule has 0 aliphatic rings. The molecule has 78 heavy (non-hydrogen) atoms. The Morgan fingerprint density at radius 3 is 0.910 bits per heavy atom. The van der Waals surface area contributed by atoms with Gasteiger partial charge in [-0.2, -0.15) is 0 Å². The molecule has 0 rings (SSSR count). The van der Waals surface area contributed by atoms with E-state index in [0.717, 1.165) is 38.5 Å². The number of aliphatic hydroxyl groups is 2. The Morgan fingerprint density at radius 2 is 0.603 bits per heavy atom. The lowest BCUT2D eigenvalue weighted by molar-refractivity contribution is -0.143. The van der Waals surface area contributed by atoms with Gasteiger partial charge in [-0.25, -0.2) is 0 Å². The average molecular weight is 1100 g/mol. The van der Waals surface area contributed by atoms with Gasteiger partial charge in [-0.3, -0.25) is 9.59 Å². The van der Waals surface area contributed by atoms with Gasteiger partial charge in [0.2, 0.25) is 5.91 Å². The maximum Gasteiger partial charge on any atom is 0.305 e. The van der Waals surface area contributed by atoms with E-state index in [4.69, 9.17) is 4.74 Å². The lowest BCUT2D eigenvalue weighted by Crippen LogP contribution is -2.45. The van der Waals surface area contributed by atoms with Crippen LogP contribution in [0, 0.1) is 0 Å². The van der Waals surface area contributed by atoms with Gasteiger partial charge in [0.15, 0.2) is 0 Å². The van der Waals surface area contributed by atoms with Crippen molar-refractivity contribution in [3.8, 4) is 0 Å². The van der Waals surface area contributed by atoms with Crippen LogP contribution < -0.4 is 5.32 Å². The number of rotatable bonds is 68. The number of aliphatic hydroxyl groups excluding tert-OH is 2. The zero-order valence-electron chi connectivity index (χ0n) is 53.2. The highest BCUT2D eigenvalue weighted by molar-refractivity contribution is 5.76. The fraction of sp³-hybridized carbons (Fsp3) is 0.944. The summed E-state index contributed by atoms with van der Waals surface area (Å²) >= 11 is 0. The molecule has 0 saturated heterocycles. The van der Waals surface area contributed by atoms with Crippen LogP contribution in [0.4, 0.5) is 0 Å². The number of allylic oxidation sites excluding steroid dienone is 2. The van der Waals surface area contributed by atoms with Crippen molar-refractivity contribution in [2.45, 2.75) is 424 Å². The highest BCUT2D eigenvalue weighted by Crippen LogP contribution is 2.19. The van der Waals surface area contributed by atoms with Gasteiger partial charge in [0.25, 0.3) is 0 Å². The zero-order chi connectivity index (χ0) is 56.4. The Morgan fingerprint density at radius 1 is 0.346 bits per heavy atom. The highest BCUT2D eigenvalue weighted by Gasteiger charge is 2.20. The molecule has 464 valence electrons. The predicted octanol–water partition coefficient (Wildman–Crippen LogP) is 23.1. The summed E-state index contributed by atoms with van der Waals surface area (Å²) in [5.41, 5.74) is 0. The molecule has 1 amide bonds. The summed E-state index contributed by atoms with van der Waals surface area (Å²) in [7, 11) is 0. The molecular formula is C72H141NO5. The monoisotopic (exact) mass is 1100 g/mol. The van der Waals surface area contributed by atoms with Crippen LogP contribution in [0.25, 0.3) is 0 Å². The number of hydrogen-bond donors (Lipinski definition) is 3. The average Bonchev–Trinajstić information content (AvgIpc) is 3.44. The smallest absolute Gasteiger partial charge is 0.305 e. The zero-order valence-corrected chi connectivity index (χ0v) is 53.2. The molecule has 0 spiro atoms. The Bertz CT molecular complexity index is 1180. The molecule has 6 nitrogen and oxygen atoms in total. The molecule has 2 unspecified atom stereocenters. The maximum atomic E-state index is 12.6. The van der Waals surface area contributed by atoms with Crippen LogP contribution in [-0.2, 0) is 14.3 Å². The predicted molar refractivity (Wildman–Crippen MR) is 343 cm³/mol. The topological polar surface area (TPSA) is 95.9 Å². The largest absolute Gasteiger partial charge is 0.466 e. The molecule has 0 aromatic carbocycles. The standard InChI is InChI=1S/C72H141NO5/c1-3-5-7-9-11-13-15-16-17-18-19-20-21-23-26-29-32-35-38-41-45-48-52-56-60-64-70(75)69(68-74)73-71(76)65-61-57-53-49-46-42-39-36-33-30-27-24-22-25-28-31-34-37-40-43-47-51-55-59-63-67-78-72(77)66-62-58-54-50-44-14-12-10-8-6-4-2/h24,27,69-70,74-75H,3-23,25-26,28-68H2,1-2H3,(H,73,76)/b27-24-. The lowest BCUT2D eigenvalue weighted by atomic mass is 10.0. The van der Waals surface area contributed by atoms with E-state index in [9.17, 15) is 19.8 Å². The molecule has 6 heteroatoms. The molecule has 0 aromatic heterocycles. The second kappa shape index (κ2) is 68.1. The van der Waals surface area contributed by atoms with Crippen LogP contribution in [-0.4, -0.2) is 47.4 Å². The fourth-order valence-electron chi connectivity index (χ4n) is 11.6. The summed E-state index contributed by atoms with van der Waals surface area (Å²) in [6.45, 7) is 4.99. The van der Waals surface area contributed by atoms with Gasteiger partial charge in [-0.15, -0.1) is 0 Å². The Kier molecular flexibility index (Phi) is 66.9. The third kappa shape index (κ3) is 63.8. The SMILES string of the molecule is CCCCCCCCCCCCCCCCCCCCCCCCCCCC(O)C(CO)NC(=O)CCCCCCCCCCC/C=C\CCCCCCCCCCCCCCOC(=O)CCCCCCCCCCCCC. The van der Waals surface area contributed by atoms with Crippen molar-refractivity contribution in [3.05, 3.63) is 12.2 Å². The molecule has 2 atom stereocenters. The van der Waals surface area contributed by atoms with Crippen LogP contribution in [0.15, 0.2) is 12.2 Å². The van der Waals surface area contributed by atoms with Crippen molar-refractivity contribution in [1.82, 2.24) is 5.32 Å². The van der Waals surface area contributed by atoms with Crippen molar-refractivity contribution in [1.29, 1.82) is 0 Å². The van der Waals surface area contributed by atoms with E-state index in [2.05, 4.69) is 31.3 Å².